The normalized spacial score (nSPS) is 22.9. The molecular weight excluding hydrogens is 520 g/mol. The second kappa shape index (κ2) is 8.87. The molecule has 0 radical (unpaired) electrons. The van der Waals surface area contributed by atoms with Crippen LogP contribution in [0.25, 0.3) is 0 Å². The molecule has 0 saturated heterocycles. The zero-order valence-electron chi connectivity index (χ0n) is 14.3. The third kappa shape index (κ3) is 6.39. The van der Waals surface area contributed by atoms with Crippen LogP contribution < -0.4 is 37.2 Å². The molecule has 0 aliphatic carbocycles. The predicted molar refractivity (Wildman–Crippen MR) is 99.8 cm³/mol. The standard InChI is InChI=1S/C16H28I2N3O2/c1-16(2,3)23-15(22)21-12(9-17-4)14-19-10-13(20-14)11-7-5-6-8-18-11/h10,12,14,19-20H,5-9H2,1-4H3,(H,21,22)/q-1/t12-,14?/m0/s1. The van der Waals surface area contributed by atoms with Crippen molar-refractivity contribution in [3.05, 3.63) is 11.9 Å². The van der Waals surface area contributed by atoms with Crippen molar-refractivity contribution < 1.29 is 30.7 Å². The Balaban J connectivity index is 1.92. The van der Waals surface area contributed by atoms with Gasteiger partial charge in [-0.25, -0.2) is 0 Å². The van der Waals surface area contributed by atoms with Crippen molar-refractivity contribution in [3.63, 3.8) is 0 Å². The van der Waals surface area contributed by atoms with E-state index in [1.807, 2.05) is 20.8 Å². The van der Waals surface area contributed by atoms with E-state index in [4.69, 9.17) is 4.74 Å². The SMILES string of the molecule is C[I-]C[C@H](NC(=O)OC(C)(C)C)C1NC=C(C2=ICCCC2)N1. The molecular formula is C16H28I2N3O2-. The Morgan fingerprint density at radius 3 is 2.91 bits per heavy atom. The zero-order chi connectivity index (χ0) is 16.9. The van der Waals surface area contributed by atoms with Gasteiger partial charge < -0.3 is 0 Å². The molecule has 0 saturated carbocycles. The summed E-state index contributed by atoms with van der Waals surface area (Å²) >= 11 is 0.273. The number of alkyl halides is 3. The quantitative estimate of drug-likeness (QED) is 0.314. The van der Waals surface area contributed by atoms with E-state index in [0.29, 0.717) is 0 Å². The van der Waals surface area contributed by atoms with Crippen LogP contribution in [-0.4, -0.2) is 41.2 Å². The van der Waals surface area contributed by atoms with E-state index < -0.39 is 5.60 Å². The van der Waals surface area contributed by atoms with Crippen LogP contribution in [0.5, 0.6) is 0 Å². The van der Waals surface area contributed by atoms with Gasteiger partial charge in [-0.1, -0.05) is 0 Å². The fraction of sp³-hybridized carbons (Fsp3) is 0.750. The van der Waals surface area contributed by atoms with Crippen molar-refractivity contribution in [2.45, 2.75) is 57.8 Å². The molecule has 0 spiro atoms. The summed E-state index contributed by atoms with van der Waals surface area (Å²) < 4.78 is 9.46. The Kier molecular flexibility index (Phi) is 7.43. The molecule has 0 aromatic rings. The van der Waals surface area contributed by atoms with Crippen molar-refractivity contribution in [1.82, 2.24) is 16.0 Å². The summed E-state index contributed by atoms with van der Waals surface area (Å²) in [5, 5.41) is 10.1. The molecule has 134 valence electrons. The van der Waals surface area contributed by atoms with Gasteiger partial charge in [0.25, 0.3) is 0 Å². The Morgan fingerprint density at radius 1 is 1.52 bits per heavy atom. The zero-order valence-corrected chi connectivity index (χ0v) is 18.7. The van der Waals surface area contributed by atoms with Crippen LogP contribution in [0, 0.1) is 0 Å². The molecule has 2 aliphatic rings. The van der Waals surface area contributed by atoms with Crippen molar-refractivity contribution in [2.24, 2.45) is 0 Å². The summed E-state index contributed by atoms with van der Waals surface area (Å²) in [6.45, 7) is 5.68. The van der Waals surface area contributed by atoms with Gasteiger partial charge in [0.1, 0.15) is 0 Å². The molecule has 2 rings (SSSR count). The van der Waals surface area contributed by atoms with E-state index in [2.05, 4.69) is 27.1 Å². The molecule has 0 bridgehead atoms. The number of rotatable bonds is 5. The van der Waals surface area contributed by atoms with Crippen LogP contribution in [0.2, 0.25) is 0 Å². The number of hydrogen-bond acceptors (Lipinski definition) is 4. The molecule has 3 N–H and O–H groups in total. The summed E-state index contributed by atoms with van der Waals surface area (Å²) in [4.78, 5) is 14.3. The monoisotopic (exact) mass is 548 g/mol. The summed E-state index contributed by atoms with van der Waals surface area (Å²) in [6.07, 6.45) is 5.82. The molecule has 1 amide bonds. The van der Waals surface area contributed by atoms with Gasteiger partial charge in [-0.2, -0.15) is 0 Å². The predicted octanol–water partition coefficient (Wildman–Crippen LogP) is -0.714. The number of amides is 1. The minimum atomic E-state index is -0.460. The van der Waals surface area contributed by atoms with Crippen LogP contribution in [0.4, 0.5) is 4.79 Å². The maximum absolute atomic E-state index is 12.1. The fourth-order valence-corrected chi connectivity index (χ4v) is 7.20. The third-order valence-corrected chi connectivity index (χ3v) is 8.64. The number of carbonyl (C=O) groups is 1. The second-order valence-electron chi connectivity index (χ2n) is 6.71. The van der Waals surface area contributed by atoms with E-state index in [-0.39, 0.29) is 60.2 Å². The van der Waals surface area contributed by atoms with Crippen LogP contribution in [0.3, 0.4) is 0 Å². The number of ether oxygens (including phenoxy) is 1. The fourth-order valence-electron chi connectivity index (χ4n) is 2.46. The Bertz CT molecular complexity index is 486. The molecule has 0 aromatic heterocycles. The molecule has 2 atom stereocenters. The Labute approximate surface area is 159 Å². The molecule has 23 heavy (non-hydrogen) atoms. The molecule has 1 unspecified atom stereocenters. The van der Waals surface area contributed by atoms with Crippen LogP contribution in [-0.2, 0) is 4.74 Å². The number of nitrogens with one attached hydrogen (secondary N) is 3. The summed E-state index contributed by atoms with van der Waals surface area (Å²) in [5.74, 6) is 0. The van der Waals surface area contributed by atoms with E-state index in [0.717, 1.165) is 4.43 Å². The summed E-state index contributed by atoms with van der Waals surface area (Å²) in [7, 11) is 0. The number of halogens is 2. The first-order chi connectivity index (χ1) is 10.9. The number of alkyl carbamates (subject to hydrolysis) is 1. The van der Waals surface area contributed by atoms with Crippen molar-refractivity contribution in [1.29, 1.82) is 0 Å². The molecule has 2 aliphatic heterocycles. The van der Waals surface area contributed by atoms with Crippen LogP contribution >= 0.6 is 20.7 Å². The van der Waals surface area contributed by atoms with Crippen LogP contribution in [0.15, 0.2) is 11.9 Å². The van der Waals surface area contributed by atoms with Gasteiger partial charge in [-0.05, 0) is 0 Å². The number of allylic oxidation sites excluding steroid dienone is 1. The van der Waals surface area contributed by atoms with Gasteiger partial charge in [0, 0.05) is 0 Å². The van der Waals surface area contributed by atoms with Gasteiger partial charge in [-0.15, -0.1) is 0 Å². The Hall–Kier alpha value is -0.0600. The minimum absolute atomic E-state index is 0.0683. The molecule has 7 heteroatoms. The summed E-state index contributed by atoms with van der Waals surface area (Å²) in [6, 6.07) is 0.0683. The van der Waals surface area contributed by atoms with E-state index in [1.54, 1.807) is 3.51 Å². The molecule has 0 aromatic carbocycles. The average molecular weight is 548 g/mol. The Morgan fingerprint density at radius 2 is 2.30 bits per heavy atom. The van der Waals surface area contributed by atoms with Gasteiger partial charge in [0.15, 0.2) is 0 Å². The van der Waals surface area contributed by atoms with Crippen molar-refractivity contribution in [2.75, 3.05) is 13.8 Å². The molecule has 5 nitrogen and oxygen atoms in total. The average Bonchev–Trinajstić information content (AvgIpc) is 2.95. The van der Waals surface area contributed by atoms with Gasteiger partial charge >= 0.3 is 161 Å². The van der Waals surface area contributed by atoms with E-state index in [9.17, 15) is 4.79 Å². The first-order valence-electron chi connectivity index (χ1n) is 8.00. The first-order valence-corrected chi connectivity index (χ1v) is 14.3. The topological polar surface area (TPSA) is 62.4 Å². The second-order valence-corrected chi connectivity index (χ2v) is 12.3. The molecule has 0 fully saturated rings. The van der Waals surface area contributed by atoms with Gasteiger partial charge in [-0.3, -0.25) is 0 Å². The number of carbonyl (C=O) groups excluding carboxylic acids is 1. The summed E-state index contributed by atoms with van der Waals surface area (Å²) in [5.41, 5.74) is 0.825. The third-order valence-electron chi connectivity index (χ3n) is 3.47. The number of hydrogen-bond donors (Lipinski definition) is 3. The van der Waals surface area contributed by atoms with E-state index in [1.165, 1.54) is 29.4 Å². The van der Waals surface area contributed by atoms with Gasteiger partial charge in [0.05, 0.1) is 0 Å². The van der Waals surface area contributed by atoms with Crippen molar-refractivity contribution in [3.8, 4) is 0 Å². The van der Waals surface area contributed by atoms with Crippen molar-refractivity contribution >= 4 is 30.3 Å². The van der Waals surface area contributed by atoms with Gasteiger partial charge in [0.2, 0.25) is 0 Å². The molecule has 2 heterocycles. The maximum atomic E-state index is 12.1. The van der Waals surface area contributed by atoms with Crippen LogP contribution in [0.1, 0.15) is 40.0 Å². The first kappa shape index (κ1) is 19.3. The van der Waals surface area contributed by atoms with E-state index >= 15 is 0 Å².